The lowest BCUT2D eigenvalue weighted by Crippen LogP contribution is -2.59. The number of carbonyl (C=O) groups excluding carboxylic acids is 1. The first-order valence-electron chi connectivity index (χ1n) is 16.6. The number of halogens is 6. The molecule has 14 heteroatoms. The van der Waals surface area contributed by atoms with Gasteiger partial charge in [-0.15, -0.1) is 0 Å². The van der Waals surface area contributed by atoms with Crippen molar-refractivity contribution in [1.82, 2.24) is 25.1 Å². The van der Waals surface area contributed by atoms with Crippen LogP contribution in [0, 0.1) is 5.41 Å². The largest absolute Gasteiger partial charge is 0.480 e. The molecule has 1 amide bonds. The molecule has 2 aromatic heterocycles. The van der Waals surface area contributed by atoms with E-state index in [-0.39, 0.29) is 6.42 Å². The Kier molecular flexibility index (Phi) is 10.0. The molecule has 2 saturated heterocycles. The third-order valence-corrected chi connectivity index (χ3v) is 9.91. The monoisotopic (exact) mass is 701 g/mol. The van der Waals surface area contributed by atoms with Gasteiger partial charge in [0.25, 0.3) is 0 Å². The van der Waals surface area contributed by atoms with E-state index in [4.69, 9.17) is 4.98 Å². The number of hydrogen-bond donors (Lipinski definition) is 2. The number of alkyl halides is 6. The van der Waals surface area contributed by atoms with E-state index in [1.165, 1.54) is 6.42 Å². The predicted molar refractivity (Wildman–Crippen MR) is 175 cm³/mol. The van der Waals surface area contributed by atoms with Crippen LogP contribution in [0.4, 0.5) is 26.3 Å². The molecule has 1 atom stereocenters. The van der Waals surface area contributed by atoms with E-state index in [2.05, 4.69) is 21.3 Å². The minimum absolute atomic E-state index is 0.333. The Hall–Kier alpha value is -4.30. The Bertz CT molecular complexity index is 1870. The van der Waals surface area contributed by atoms with Gasteiger partial charge in [-0.2, -0.15) is 26.3 Å². The van der Waals surface area contributed by atoms with E-state index < -0.39 is 68.2 Å². The molecule has 2 aliphatic rings. The van der Waals surface area contributed by atoms with Crippen LogP contribution in [0.1, 0.15) is 43.4 Å². The number of amides is 1. The molecule has 6 rings (SSSR count). The normalized spacial score (nSPS) is 18.3. The van der Waals surface area contributed by atoms with Crippen molar-refractivity contribution in [2.75, 3.05) is 32.7 Å². The molecule has 0 spiro atoms. The molecule has 4 aromatic rings. The molecule has 2 aliphatic heterocycles. The number of nitrogens with zero attached hydrogens (tertiary/aromatic N) is 4. The van der Waals surface area contributed by atoms with E-state index >= 15 is 0 Å². The fourth-order valence-corrected chi connectivity index (χ4v) is 7.24. The number of aliphatic carboxylic acids is 1. The summed E-state index contributed by atoms with van der Waals surface area (Å²) in [5.74, 6) is -3.10. The zero-order chi connectivity index (χ0) is 35.7. The van der Waals surface area contributed by atoms with Crippen LogP contribution in [0.5, 0.6) is 0 Å². The minimum Gasteiger partial charge on any atom is -0.480 e. The summed E-state index contributed by atoms with van der Waals surface area (Å²) < 4.78 is 81.9. The number of carbonyl (C=O) groups is 2. The first-order chi connectivity index (χ1) is 23.7. The van der Waals surface area contributed by atoms with Gasteiger partial charge in [-0.1, -0.05) is 42.8 Å². The van der Waals surface area contributed by atoms with Gasteiger partial charge in [0.2, 0.25) is 5.91 Å². The number of carboxylic acid groups (broad SMARTS) is 1. The van der Waals surface area contributed by atoms with Crippen LogP contribution >= 0.6 is 0 Å². The Morgan fingerprint density at radius 2 is 1.58 bits per heavy atom. The van der Waals surface area contributed by atoms with Crippen molar-refractivity contribution in [2.24, 2.45) is 5.41 Å². The predicted octanol–water partition coefficient (Wildman–Crippen LogP) is 6.75. The number of hydrogen-bond acceptors (Lipinski definition) is 6. The molecule has 0 bridgehead atoms. The molecule has 0 radical (unpaired) electrons. The van der Waals surface area contributed by atoms with Crippen molar-refractivity contribution in [3.05, 3.63) is 72.2 Å². The summed E-state index contributed by atoms with van der Waals surface area (Å²) in [5.41, 5.74) is -0.192. The van der Waals surface area contributed by atoms with Crippen molar-refractivity contribution in [3.8, 4) is 11.3 Å². The fraction of sp³-hybridized carbons (Fsp3) is 0.444. The van der Waals surface area contributed by atoms with Crippen LogP contribution in [0.3, 0.4) is 0 Å². The van der Waals surface area contributed by atoms with Gasteiger partial charge in [0, 0.05) is 36.3 Å². The minimum atomic E-state index is -5.11. The summed E-state index contributed by atoms with van der Waals surface area (Å²) in [6.07, 6.45) is -4.97. The van der Waals surface area contributed by atoms with E-state index in [0.717, 1.165) is 58.2 Å². The lowest BCUT2D eigenvalue weighted by molar-refractivity contribution is -0.236. The molecular weight excluding hydrogens is 664 g/mol. The summed E-state index contributed by atoms with van der Waals surface area (Å²) in [6.45, 7) is 0.0340. The highest BCUT2D eigenvalue weighted by Gasteiger charge is 2.61. The van der Waals surface area contributed by atoms with Crippen LogP contribution in [0.15, 0.2) is 60.9 Å². The van der Waals surface area contributed by atoms with Crippen molar-refractivity contribution >= 4 is 33.4 Å². The molecule has 2 fully saturated rings. The van der Waals surface area contributed by atoms with Crippen molar-refractivity contribution < 1.29 is 41.0 Å². The van der Waals surface area contributed by atoms with Crippen LogP contribution in [-0.4, -0.2) is 87.9 Å². The van der Waals surface area contributed by atoms with Gasteiger partial charge in [0.1, 0.15) is 11.5 Å². The molecule has 2 aromatic carbocycles. The van der Waals surface area contributed by atoms with Gasteiger partial charge in [-0.05, 0) is 85.7 Å². The maximum Gasteiger partial charge on any atom is 0.403 e. The lowest BCUT2D eigenvalue weighted by Gasteiger charge is -2.42. The molecule has 2 N–H and O–H groups in total. The number of likely N-dealkylation sites (tertiary alicyclic amines) is 2. The average molecular weight is 702 g/mol. The molecule has 266 valence electrons. The van der Waals surface area contributed by atoms with Gasteiger partial charge in [-0.25, -0.2) is 4.79 Å². The second-order valence-corrected chi connectivity index (χ2v) is 13.3. The summed E-state index contributed by atoms with van der Waals surface area (Å²) in [4.78, 5) is 38.3. The summed E-state index contributed by atoms with van der Waals surface area (Å²) in [5, 5.41) is 15.3. The Morgan fingerprint density at radius 1 is 0.880 bits per heavy atom. The number of aromatic nitrogens is 2. The third kappa shape index (κ3) is 7.55. The van der Waals surface area contributed by atoms with Crippen molar-refractivity contribution in [3.63, 3.8) is 0 Å². The number of nitrogens with one attached hydrogen (secondary N) is 1. The SMILES string of the molecule is O=C(O)[C@H](Cc1cccc2c(-c3nc(CN4CCCCC4)cc4ccncc34)cccc12)NC(=O)C1(C(F)(F)F)CCN(CC(F)(F)F)CC1. The second-order valence-electron chi connectivity index (χ2n) is 13.3. The smallest absolute Gasteiger partial charge is 0.403 e. The van der Waals surface area contributed by atoms with E-state index in [0.29, 0.717) is 23.2 Å². The van der Waals surface area contributed by atoms with Gasteiger partial charge in [0.15, 0.2) is 0 Å². The van der Waals surface area contributed by atoms with Crippen LogP contribution in [0.25, 0.3) is 32.8 Å². The highest BCUT2D eigenvalue weighted by Crippen LogP contribution is 2.47. The number of carboxylic acids is 1. The van der Waals surface area contributed by atoms with E-state index in [1.807, 2.05) is 18.2 Å². The number of fused-ring (bicyclic) bond motifs is 2. The highest BCUT2D eigenvalue weighted by molar-refractivity contribution is 6.04. The number of piperidine rings is 2. The summed E-state index contributed by atoms with van der Waals surface area (Å²) in [7, 11) is 0. The quantitative estimate of drug-likeness (QED) is 0.186. The second kappa shape index (κ2) is 14.1. The van der Waals surface area contributed by atoms with E-state index in [1.54, 1.807) is 36.7 Å². The molecule has 8 nitrogen and oxygen atoms in total. The Balaban J connectivity index is 1.30. The molecule has 0 unspecified atom stereocenters. The van der Waals surface area contributed by atoms with Gasteiger partial charge >= 0.3 is 18.3 Å². The molecule has 4 heterocycles. The van der Waals surface area contributed by atoms with Crippen LogP contribution in [-0.2, 0) is 22.6 Å². The van der Waals surface area contributed by atoms with E-state index in [9.17, 15) is 41.0 Å². The zero-order valence-corrected chi connectivity index (χ0v) is 27.2. The van der Waals surface area contributed by atoms with Gasteiger partial charge in [0.05, 0.1) is 17.9 Å². The summed E-state index contributed by atoms with van der Waals surface area (Å²) >= 11 is 0. The molecular formula is C36H37F6N5O3. The maximum absolute atomic E-state index is 14.4. The molecule has 0 saturated carbocycles. The fourth-order valence-electron chi connectivity index (χ4n) is 7.24. The van der Waals surface area contributed by atoms with Crippen LogP contribution < -0.4 is 5.32 Å². The zero-order valence-electron chi connectivity index (χ0n) is 27.2. The average Bonchev–Trinajstić information content (AvgIpc) is 3.07. The standard InChI is InChI=1S/C36H37F6N5O3/c37-35(38,39)22-47-16-11-34(12-17-47,36(40,41)42)33(50)45-30(32(48)49)19-23-6-4-8-27-26(23)7-5-9-28(27)31-29-20-43-13-10-24(29)18-25(44-31)21-46-14-2-1-3-15-46/h4-10,13,18,20,30H,1-3,11-12,14-17,19,21-22H2,(H,45,50)(H,48,49)/t30-/m0/s1. The maximum atomic E-state index is 14.4. The lowest BCUT2D eigenvalue weighted by atomic mass is 9.76. The van der Waals surface area contributed by atoms with Crippen molar-refractivity contribution in [2.45, 2.75) is 63.5 Å². The Labute approximate surface area is 284 Å². The van der Waals surface area contributed by atoms with Crippen LogP contribution in [0.2, 0.25) is 0 Å². The summed E-state index contributed by atoms with van der Waals surface area (Å²) in [6, 6.07) is 12.9. The molecule has 0 aliphatic carbocycles. The van der Waals surface area contributed by atoms with Gasteiger partial charge < -0.3 is 10.4 Å². The Morgan fingerprint density at radius 3 is 2.26 bits per heavy atom. The first-order valence-corrected chi connectivity index (χ1v) is 16.6. The topological polar surface area (TPSA) is 98.7 Å². The number of pyridine rings is 2. The highest BCUT2D eigenvalue weighted by atomic mass is 19.4. The van der Waals surface area contributed by atoms with Crippen molar-refractivity contribution in [1.29, 1.82) is 0 Å². The third-order valence-electron chi connectivity index (χ3n) is 9.91. The van der Waals surface area contributed by atoms with Gasteiger partial charge in [-0.3, -0.25) is 24.6 Å². The number of benzene rings is 2. The molecule has 50 heavy (non-hydrogen) atoms. The first kappa shape index (κ1) is 35.5. The number of rotatable bonds is 9.